The lowest BCUT2D eigenvalue weighted by Crippen LogP contribution is -2.47. The van der Waals surface area contributed by atoms with Crippen molar-refractivity contribution in [3.8, 4) is 0 Å². The summed E-state index contributed by atoms with van der Waals surface area (Å²) in [6, 6.07) is 0. The zero-order chi connectivity index (χ0) is 11.9. The zero-order valence-electron chi connectivity index (χ0n) is 11.2. The number of hydrogen-bond donors (Lipinski definition) is 0. The molecular weight excluding hydrogens is 210 g/mol. The van der Waals surface area contributed by atoms with E-state index in [1.807, 2.05) is 0 Å². The zero-order valence-corrected chi connectivity index (χ0v) is 11.2. The number of fused-ring (bicyclic) bond motifs is 1. The van der Waals surface area contributed by atoms with Crippen LogP contribution < -0.4 is 0 Å². The smallest absolute Gasteiger partial charge is 0.0594 e. The Morgan fingerprint density at radius 1 is 1.35 bits per heavy atom. The fraction of sp³-hybridized carbons (Fsp3) is 0.867. The first-order valence-electron chi connectivity index (χ1n) is 7.16. The van der Waals surface area contributed by atoms with Gasteiger partial charge in [0, 0.05) is 19.6 Å². The van der Waals surface area contributed by atoms with Gasteiger partial charge in [-0.3, -0.25) is 4.90 Å². The van der Waals surface area contributed by atoms with E-state index in [0.29, 0.717) is 5.41 Å². The van der Waals surface area contributed by atoms with Gasteiger partial charge in [0.15, 0.2) is 0 Å². The predicted octanol–water partition coefficient (Wildman–Crippen LogP) is 2.70. The highest BCUT2D eigenvalue weighted by Crippen LogP contribution is 2.58. The van der Waals surface area contributed by atoms with Crippen molar-refractivity contribution in [1.29, 1.82) is 0 Å². The van der Waals surface area contributed by atoms with Gasteiger partial charge in [-0.2, -0.15) is 0 Å². The molecule has 17 heavy (non-hydrogen) atoms. The second kappa shape index (κ2) is 4.40. The molecule has 2 fully saturated rings. The van der Waals surface area contributed by atoms with Crippen molar-refractivity contribution in [3.05, 3.63) is 11.6 Å². The van der Waals surface area contributed by atoms with Gasteiger partial charge in [0.25, 0.3) is 0 Å². The molecule has 0 aromatic carbocycles. The molecule has 2 bridgehead atoms. The Balaban J connectivity index is 1.50. The second-order valence-corrected chi connectivity index (χ2v) is 6.59. The van der Waals surface area contributed by atoms with Crippen LogP contribution in [0.5, 0.6) is 0 Å². The van der Waals surface area contributed by atoms with E-state index in [-0.39, 0.29) is 0 Å². The van der Waals surface area contributed by atoms with Gasteiger partial charge < -0.3 is 4.74 Å². The van der Waals surface area contributed by atoms with Crippen molar-refractivity contribution in [2.45, 2.75) is 33.1 Å². The molecule has 2 nitrogen and oxygen atoms in total. The molecular formula is C15H25NO. The van der Waals surface area contributed by atoms with Crippen LogP contribution in [0.4, 0.5) is 0 Å². The summed E-state index contributed by atoms with van der Waals surface area (Å²) in [5.74, 6) is 1.85. The summed E-state index contributed by atoms with van der Waals surface area (Å²) in [7, 11) is 0. The molecule has 3 aliphatic carbocycles. The Labute approximate surface area is 105 Å². The summed E-state index contributed by atoms with van der Waals surface area (Å²) < 4.78 is 5.39. The lowest BCUT2D eigenvalue weighted by Gasteiger charge is -2.55. The summed E-state index contributed by atoms with van der Waals surface area (Å²) >= 11 is 0. The van der Waals surface area contributed by atoms with Gasteiger partial charge in [-0.1, -0.05) is 25.5 Å². The molecule has 1 heterocycles. The van der Waals surface area contributed by atoms with Gasteiger partial charge in [0.1, 0.15) is 0 Å². The van der Waals surface area contributed by atoms with E-state index in [1.165, 1.54) is 25.8 Å². The van der Waals surface area contributed by atoms with Crippen LogP contribution in [-0.4, -0.2) is 37.7 Å². The minimum absolute atomic E-state index is 0.600. The van der Waals surface area contributed by atoms with Crippen LogP contribution in [0.25, 0.3) is 0 Å². The molecule has 0 spiro atoms. The summed E-state index contributed by atoms with van der Waals surface area (Å²) in [5.41, 5.74) is 2.33. The largest absolute Gasteiger partial charge is 0.379 e. The highest BCUT2D eigenvalue weighted by molar-refractivity contribution is 5.21. The topological polar surface area (TPSA) is 12.5 Å². The van der Waals surface area contributed by atoms with E-state index < -0.39 is 0 Å². The molecule has 4 aliphatic rings. The van der Waals surface area contributed by atoms with E-state index in [4.69, 9.17) is 4.74 Å². The van der Waals surface area contributed by atoms with E-state index >= 15 is 0 Å². The van der Waals surface area contributed by atoms with Crippen molar-refractivity contribution in [2.24, 2.45) is 17.3 Å². The average molecular weight is 235 g/mol. The summed E-state index contributed by atoms with van der Waals surface area (Å²) in [5, 5.41) is 0. The van der Waals surface area contributed by atoms with Gasteiger partial charge in [-0.05, 0) is 36.5 Å². The predicted molar refractivity (Wildman–Crippen MR) is 70.0 cm³/mol. The fourth-order valence-corrected chi connectivity index (χ4v) is 3.67. The van der Waals surface area contributed by atoms with E-state index in [0.717, 1.165) is 38.1 Å². The van der Waals surface area contributed by atoms with Gasteiger partial charge >= 0.3 is 0 Å². The monoisotopic (exact) mass is 235 g/mol. The highest BCUT2D eigenvalue weighted by atomic mass is 16.5. The summed E-state index contributed by atoms with van der Waals surface area (Å²) in [6.07, 6.45) is 6.71. The van der Waals surface area contributed by atoms with Crippen LogP contribution in [-0.2, 0) is 4.74 Å². The molecule has 0 aromatic heterocycles. The highest BCUT2D eigenvalue weighted by Gasteiger charge is 2.49. The normalized spacial score (nSPS) is 36.2. The van der Waals surface area contributed by atoms with Crippen molar-refractivity contribution < 1.29 is 4.74 Å². The van der Waals surface area contributed by atoms with Gasteiger partial charge in [0.05, 0.1) is 13.2 Å². The molecule has 0 unspecified atom stereocenters. The number of morpholine rings is 1. The van der Waals surface area contributed by atoms with Crippen LogP contribution >= 0.6 is 0 Å². The number of rotatable bonds is 3. The minimum atomic E-state index is 0.600. The van der Waals surface area contributed by atoms with Crippen LogP contribution in [0.3, 0.4) is 0 Å². The number of nitrogens with zero attached hydrogens (tertiary/aromatic N) is 1. The number of ether oxygens (including phenoxy) is 1. The fourth-order valence-electron chi connectivity index (χ4n) is 3.67. The summed E-state index contributed by atoms with van der Waals surface area (Å²) in [4.78, 5) is 2.55. The average Bonchev–Trinajstić information content (AvgIpc) is 2.38. The van der Waals surface area contributed by atoms with Crippen molar-refractivity contribution >= 4 is 0 Å². The quantitative estimate of drug-likeness (QED) is 0.697. The maximum Gasteiger partial charge on any atom is 0.0594 e. The Bertz CT molecular complexity index is 315. The van der Waals surface area contributed by atoms with Crippen molar-refractivity contribution in [3.63, 3.8) is 0 Å². The van der Waals surface area contributed by atoms with Crippen molar-refractivity contribution in [1.82, 2.24) is 4.90 Å². The molecule has 0 N–H and O–H groups in total. The van der Waals surface area contributed by atoms with Crippen molar-refractivity contribution in [2.75, 3.05) is 32.8 Å². The van der Waals surface area contributed by atoms with Crippen LogP contribution in [0, 0.1) is 17.3 Å². The third-order valence-electron chi connectivity index (χ3n) is 5.34. The van der Waals surface area contributed by atoms with Gasteiger partial charge in [0.2, 0.25) is 0 Å². The summed E-state index contributed by atoms with van der Waals surface area (Å²) in [6.45, 7) is 10.3. The maximum absolute atomic E-state index is 5.39. The molecule has 1 saturated carbocycles. The molecule has 4 rings (SSSR count). The van der Waals surface area contributed by atoms with Gasteiger partial charge in [-0.15, -0.1) is 0 Å². The lowest BCUT2D eigenvalue weighted by molar-refractivity contribution is -0.00298. The Morgan fingerprint density at radius 2 is 2.12 bits per heavy atom. The molecule has 2 atom stereocenters. The molecule has 1 aliphatic heterocycles. The Morgan fingerprint density at radius 3 is 2.71 bits per heavy atom. The SMILES string of the molecule is CC1(C)[C@@H]2CC(CCN3CCOCC3)=C[C@@H]1C2. The first kappa shape index (κ1) is 11.7. The van der Waals surface area contributed by atoms with Gasteiger partial charge in [-0.25, -0.2) is 0 Å². The molecule has 1 saturated heterocycles. The molecule has 96 valence electrons. The first-order chi connectivity index (χ1) is 8.16. The second-order valence-electron chi connectivity index (χ2n) is 6.59. The molecule has 0 radical (unpaired) electrons. The number of hydrogen-bond acceptors (Lipinski definition) is 2. The number of allylic oxidation sites excluding steroid dienone is 1. The first-order valence-corrected chi connectivity index (χ1v) is 7.16. The minimum Gasteiger partial charge on any atom is -0.379 e. The third-order valence-corrected chi connectivity index (χ3v) is 5.34. The van der Waals surface area contributed by atoms with E-state index in [2.05, 4.69) is 24.8 Å². The lowest BCUT2D eigenvalue weighted by atomic mass is 9.50. The standard InChI is InChI=1S/C15H25NO/c1-15(2)13-9-12(10-14(15)11-13)3-4-16-5-7-17-8-6-16/h9,13-14H,3-8,10-11H2,1-2H3/t13-,14-/m1/s1. The maximum atomic E-state index is 5.39. The van der Waals surface area contributed by atoms with E-state index in [9.17, 15) is 0 Å². The van der Waals surface area contributed by atoms with Crippen LogP contribution in [0.1, 0.15) is 33.1 Å². The van der Waals surface area contributed by atoms with Crippen LogP contribution in [0.15, 0.2) is 11.6 Å². The Hall–Kier alpha value is -0.340. The molecule has 2 heteroatoms. The molecule has 0 aromatic rings. The molecule has 0 amide bonds. The third kappa shape index (κ3) is 2.17. The Kier molecular flexibility index (Phi) is 3.04. The van der Waals surface area contributed by atoms with E-state index in [1.54, 1.807) is 5.57 Å². The van der Waals surface area contributed by atoms with Crippen LogP contribution in [0.2, 0.25) is 0 Å².